The molecule has 4 nitrogen and oxygen atoms in total. The van der Waals surface area contributed by atoms with E-state index in [-0.39, 0.29) is 17.5 Å². The molecule has 1 unspecified atom stereocenters. The van der Waals surface area contributed by atoms with Crippen molar-refractivity contribution in [3.63, 3.8) is 0 Å². The molecule has 0 saturated heterocycles. The number of nitrogens with two attached hydrogens (primary N) is 1. The van der Waals surface area contributed by atoms with Gasteiger partial charge in [0.2, 0.25) is 10.0 Å². The Kier molecular flexibility index (Phi) is 6.81. The summed E-state index contributed by atoms with van der Waals surface area (Å²) in [6.45, 7) is 2.20. The molecule has 0 bridgehead atoms. The Morgan fingerprint density at radius 2 is 2.10 bits per heavy atom. The third kappa shape index (κ3) is 3.89. The number of hydrogen-bond donors (Lipinski definition) is 1. The van der Waals surface area contributed by atoms with E-state index in [0.29, 0.717) is 10.6 Å². The minimum atomic E-state index is -3.52. The van der Waals surface area contributed by atoms with Crippen LogP contribution in [-0.2, 0) is 16.6 Å². The smallest absolute Gasteiger partial charge is 0.243 e. The lowest BCUT2D eigenvalue weighted by Crippen LogP contribution is -2.38. The minimum absolute atomic E-state index is 0.0213. The maximum atomic E-state index is 12.6. The Labute approximate surface area is 130 Å². The highest BCUT2D eigenvalue weighted by atomic mass is 35.5. The zero-order valence-corrected chi connectivity index (χ0v) is 14.4. The lowest BCUT2D eigenvalue weighted by atomic mass is 10.2. The van der Waals surface area contributed by atoms with Crippen LogP contribution in [-0.4, -0.2) is 37.8 Å². The van der Waals surface area contributed by atoms with Crippen molar-refractivity contribution >= 4 is 33.4 Å². The van der Waals surface area contributed by atoms with Crippen molar-refractivity contribution in [2.75, 3.05) is 19.1 Å². The summed E-state index contributed by atoms with van der Waals surface area (Å²) in [4.78, 5) is 0.240. The lowest BCUT2D eigenvalue weighted by Gasteiger charge is -2.26. The zero-order valence-electron chi connectivity index (χ0n) is 12.0. The molecular weight excluding hydrogens is 316 g/mol. The van der Waals surface area contributed by atoms with Gasteiger partial charge in [-0.15, -0.1) is 0 Å². The molecule has 20 heavy (non-hydrogen) atoms. The number of benzene rings is 1. The van der Waals surface area contributed by atoms with E-state index in [1.54, 1.807) is 30.9 Å². The monoisotopic (exact) mass is 336 g/mol. The van der Waals surface area contributed by atoms with Gasteiger partial charge in [-0.2, -0.15) is 16.1 Å². The van der Waals surface area contributed by atoms with Gasteiger partial charge in [-0.1, -0.05) is 18.5 Å². The fraction of sp³-hybridized carbons (Fsp3) is 0.538. The average Bonchev–Trinajstić information content (AvgIpc) is 2.44. The molecule has 0 aliphatic carbocycles. The molecule has 1 rings (SSSR count). The van der Waals surface area contributed by atoms with Crippen LogP contribution in [0.3, 0.4) is 0 Å². The summed E-state index contributed by atoms with van der Waals surface area (Å²) in [6, 6.07) is 4.64. The summed E-state index contributed by atoms with van der Waals surface area (Å²) in [6.07, 6.45) is 2.74. The molecule has 1 aromatic carbocycles. The summed E-state index contributed by atoms with van der Waals surface area (Å²) < 4.78 is 26.7. The molecular formula is C13H21ClN2O2S2. The Bertz CT molecular complexity index is 549. The van der Waals surface area contributed by atoms with Gasteiger partial charge in [0.25, 0.3) is 0 Å². The Hall–Kier alpha value is -0.270. The van der Waals surface area contributed by atoms with Crippen molar-refractivity contribution < 1.29 is 8.42 Å². The van der Waals surface area contributed by atoms with Crippen molar-refractivity contribution in [2.24, 2.45) is 5.73 Å². The first-order valence-electron chi connectivity index (χ1n) is 6.33. The second-order valence-corrected chi connectivity index (χ2v) is 7.81. The molecule has 114 valence electrons. The Balaban J connectivity index is 3.15. The van der Waals surface area contributed by atoms with Gasteiger partial charge in [-0.3, -0.25) is 0 Å². The van der Waals surface area contributed by atoms with Crippen molar-refractivity contribution in [1.82, 2.24) is 4.31 Å². The van der Waals surface area contributed by atoms with Crippen LogP contribution in [0.25, 0.3) is 0 Å². The summed E-state index contributed by atoms with van der Waals surface area (Å²) in [5.74, 6) is 0.767. The van der Waals surface area contributed by atoms with Crippen LogP contribution < -0.4 is 5.73 Å². The fourth-order valence-corrected chi connectivity index (χ4v) is 4.52. The van der Waals surface area contributed by atoms with Gasteiger partial charge in [0, 0.05) is 30.4 Å². The number of hydrogen-bond acceptors (Lipinski definition) is 4. The quantitative estimate of drug-likeness (QED) is 0.831. The summed E-state index contributed by atoms with van der Waals surface area (Å²) in [5.41, 5.74) is 6.21. The van der Waals surface area contributed by atoms with Crippen molar-refractivity contribution in [3.05, 3.63) is 28.8 Å². The van der Waals surface area contributed by atoms with Crippen LogP contribution in [0.4, 0.5) is 0 Å². The second-order valence-electron chi connectivity index (χ2n) is 4.50. The van der Waals surface area contributed by atoms with Crippen LogP contribution in [0.2, 0.25) is 5.02 Å². The maximum absolute atomic E-state index is 12.6. The maximum Gasteiger partial charge on any atom is 0.243 e. The first-order chi connectivity index (χ1) is 9.38. The van der Waals surface area contributed by atoms with Crippen molar-refractivity contribution in [2.45, 2.75) is 30.8 Å². The van der Waals surface area contributed by atoms with Crippen LogP contribution in [0.15, 0.2) is 23.1 Å². The Morgan fingerprint density at radius 1 is 1.45 bits per heavy atom. The van der Waals surface area contributed by atoms with Gasteiger partial charge >= 0.3 is 0 Å². The third-order valence-electron chi connectivity index (χ3n) is 3.26. The summed E-state index contributed by atoms with van der Waals surface area (Å²) in [7, 11) is -1.89. The lowest BCUT2D eigenvalue weighted by molar-refractivity contribution is 0.385. The third-order valence-corrected chi connectivity index (χ3v) is 6.25. The minimum Gasteiger partial charge on any atom is -0.326 e. The van der Waals surface area contributed by atoms with Gasteiger partial charge in [0.1, 0.15) is 0 Å². The van der Waals surface area contributed by atoms with Gasteiger partial charge in [-0.25, -0.2) is 8.42 Å². The largest absolute Gasteiger partial charge is 0.326 e. The molecule has 0 amide bonds. The van der Waals surface area contributed by atoms with E-state index in [4.69, 9.17) is 17.3 Å². The molecule has 1 atom stereocenters. The molecule has 7 heteroatoms. The van der Waals surface area contributed by atoms with Crippen LogP contribution in [0.1, 0.15) is 18.9 Å². The molecule has 0 radical (unpaired) electrons. The Morgan fingerprint density at radius 3 is 2.60 bits per heavy atom. The molecule has 0 heterocycles. The highest BCUT2D eigenvalue weighted by Gasteiger charge is 2.27. The zero-order chi connectivity index (χ0) is 15.3. The van der Waals surface area contributed by atoms with Crippen molar-refractivity contribution in [1.29, 1.82) is 0 Å². The van der Waals surface area contributed by atoms with Crippen LogP contribution in [0, 0.1) is 0 Å². The standard InChI is InChI=1S/C13H21ClN2O2S2/c1-4-11(9-19-3)16(2)20(17,18)12-5-6-13(14)10(7-12)8-15/h5-7,11H,4,8-9,15H2,1-3H3. The predicted molar refractivity (Wildman–Crippen MR) is 86.8 cm³/mol. The van der Waals surface area contributed by atoms with Gasteiger partial charge in [0.15, 0.2) is 0 Å². The normalized spacial score (nSPS) is 13.7. The molecule has 0 saturated carbocycles. The highest BCUT2D eigenvalue weighted by molar-refractivity contribution is 7.98. The van der Waals surface area contributed by atoms with E-state index in [2.05, 4.69) is 0 Å². The highest BCUT2D eigenvalue weighted by Crippen LogP contribution is 2.24. The first kappa shape index (κ1) is 17.8. The van der Waals surface area contributed by atoms with E-state index in [1.165, 1.54) is 10.4 Å². The number of thioether (sulfide) groups is 1. The fourth-order valence-electron chi connectivity index (χ4n) is 1.90. The second kappa shape index (κ2) is 7.66. The number of rotatable bonds is 7. The van der Waals surface area contributed by atoms with Crippen LogP contribution in [0.5, 0.6) is 0 Å². The van der Waals surface area contributed by atoms with Gasteiger partial charge < -0.3 is 5.73 Å². The van der Waals surface area contributed by atoms with E-state index >= 15 is 0 Å². The number of nitrogens with zero attached hydrogens (tertiary/aromatic N) is 1. The molecule has 2 N–H and O–H groups in total. The summed E-state index contributed by atoms with van der Waals surface area (Å²) >= 11 is 7.61. The molecule has 0 fully saturated rings. The van der Waals surface area contributed by atoms with E-state index in [1.807, 2.05) is 13.2 Å². The topological polar surface area (TPSA) is 63.4 Å². The molecule has 0 aliphatic heterocycles. The van der Waals surface area contributed by atoms with E-state index in [0.717, 1.165) is 12.2 Å². The molecule has 0 aliphatic rings. The van der Waals surface area contributed by atoms with E-state index in [9.17, 15) is 8.42 Å². The number of halogens is 1. The van der Waals surface area contributed by atoms with E-state index < -0.39 is 10.0 Å². The van der Waals surface area contributed by atoms with Crippen LogP contribution >= 0.6 is 23.4 Å². The molecule has 0 aromatic heterocycles. The SMILES string of the molecule is CCC(CSC)N(C)S(=O)(=O)c1ccc(Cl)c(CN)c1. The summed E-state index contributed by atoms with van der Waals surface area (Å²) in [5, 5.41) is 0.491. The van der Waals surface area contributed by atoms with Gasteiger partial charge in [-0.05, 0) is 36.4 Å². The molecule has 0 spiro atoms. The predicted octanol–water partition coefficient (Wildman–Crippen LogP) is 2.56. The average molecular weight is 337 g/mol. The number of sulfonamides is 1. The first-order valence-corrected chi connectivity index (χ1v) is 9.55. The molecule has 1 aromatic rings. The van der Waals surface area contributed by atoms with Crippen molar-refractivity contribution in [3.8, 4) is 0 Å². The van der Waals surface area contributed by atoms with Gasteiger partial charge in [0.05, 0.1) is 4.90 Å².